The van der Waals surface area contributed by atoms with E-state index in [-0.39, 0.29) is 11.7 Å². The van der Waals surface area contributed by atoms with Crippen molar-refractivity contribution < 1.29 is 14.6 Å². The van der Waals surface area contributed by atoms with Crippen molar-refractivity contribution in [2.75, 3.05) is 38.1 Å². The first kappa shape index (κ1) is 15.7. The van der Waals surface area contributed by atoms with Crippen LogP contribution in [-0.4, -0.2) is 59.8 Å². The summed E-state index contributed by atoms with van der Waals surface area (Å²) < 4.78 is 5.71. The fourth-order valence-corrected chi connectivity index (χ4v) is 2.64. The second-order valence-electron chi connectivity index (χ2n) is 5.38. The van der Waals surface area contributed by atoms with E-state index >= 15 is 0 Å². The highest BCUT2D eigenvalue weighted by atomic mass is 16.5. The van der Waals surface area contributed by atoms with Crippen LogP contribution in [0.25, 0.3) is 0 Å². The molecule has 0 spiro atoms. The minimum absolute atomic E-state index is 0.0583. The number of aryl methyl sites for hydroxylation is 2. The number of likely N-dealkylation sites (N-methyl/N-ethyl adjacent to an activating group) is 1. The number of pyridine rings is 1. The minimum atomic E-state index is -0.956. The molecule has 6 heteroatoms. The molecule has 1 aliphatic heterocycles. The molecule has 21 heavy (non-hydrogen) atoms. The van der Waals surface area contributed by atoms with Crippen LogP contribution in [0.3, 0.4) is 0 Å². The number of rotatable bonds is 5. The van der Waals surface area contributed by atoms with Crippen LogP contribution in [0, 0.1) is 13.8 Å². The van der Waals surface area contributed by atoms with Gasteiger partial charge in [0.15, 0.2) is 0 Å². The first-order valence-electron chi connectivity index (χ1n) is 7.30. The first-order valence-corrected chi connectivity index (χ1v) is 7.30. The lowest BCUT2D eigenvalue weighted by Crippen LogP contribution is -2.45. The zero-order valence-electron chi connectivity index (χ0n) is 12.8. The standard InChI is InChI=1S/C15H23N3O3/c1-4-18-5-6-21-12(9-18)8-16-14-13(15(19)20)10(2)7-11(3)17-14/h7,12H,4-6,8-9H2,1-3H3,(H,16,17)(H,19,20). The third-order valence-electron chi connectivity index (χ3n) is 3.73. The van der Waals surface area contributed by atoms with Gasteiger partial charge in [-0.15, -0.1) is 0 Å². The Hall–Kier alpha value is -1.66. The summed E-state index contributed by atoms with van der Waals surface area (Å²) in [5.41, 5.74) is 1.76. The number of hydrogen-bond donors (Lipinski definition) is 2. The van der Waals surface area contributed by atoms with Gasteiger partial charge in [-0.3, -0.25) is 4.90 Å². The summed E-state index contributed by atoms with van der Waals surface area (Å²) in [7, 11) is 0. The van der Waals surface area contributed by atoms with Gasteiger partial charge < -0.3 is 15.2 Å². The van der Waals surface area contributed by atoms with Crippen LogP contribution in [0.5, 0.6) is 0 Å². The Bertz CT molecular complexity index is 519. The van der Waals surface area contributed by atoms with Gasteiger partial charge in [-0.25, -0.2) is 9.78 Å². The van der Waals surface area contributed by atoms with Crippen molar-refractivity contribution in [1.29, 1.82) is 0 Å². The van der Waals surface area contributed by atoms with E-state index in [1.807, 2.05) is 6.92 Å². The number of carboxylic acid groups (broad SMARTS) is 1. The van der Waals surface area contributed by atoms with Gasteiger partial charge in [-0.1, -0.05) is 6.92 Å². The third kappa shape index (κ3) is 3.92. The molecule has 1 saturated heterocycles. The molecule has 0 aliphatic carbocycles. The zero-order valence-corrected chi connectivity index (χ0v) is 12.8. The van der Waals surface area contributed by atoms with Crippen molar-refractivity contribution in [3.63, 3.8) is 0 Å². The Balaban J connectivity index is 2.07. The van der Waals surface area contributed by atoms with Crippen LogP contribution in [0.1, 0.15) is 28.5 Å². The van der Waals surface area contributed by atoms with Crippen LogP contribution in [0.2, 0.25) is 0 Å². The quantitative estimate of drug-likeness (QED) is 0.857. The van der Waals surface area contributed by atoms with Crippen molar-refractivity contribution in [2.24, 2.45) is 0 Å². The maximum Gasteiger partial charge on any atom is 0.339 e. The second-order valence-corrected chi connectivity index (χ2v) is 5.38. The first-order chi connectivity index (χ1) is 10.0. The van der Waals surface area contributed by atoms with E-state index in [2.05, 4.69) is 22.1 Å². The van der Waals surface area contributed by atoms with Crippen LogP contribution >= 0.6 is 0 Å². The van der Waals surface area contributed by atoms with E-state index in [0.29, 0.717) is 19.0 Å². The van der Waals surface area contributed by atoms with E-state index in [4.69, 9.17) is 4.74 Å². The van der Waals surface area contributed by atoms with Crippen molar-refractivity contribution in [2.45, 2.75) is 26.9 Å². The van der Waals surface area contributed by atoms with Crippen molar-refractivity contribution in [3.05, 3.63) is 22.9 Å². The molecule has 1 atom stereocenters. The Labute approximate surface area is 125 Å². The number of carbonyl (C=O) groups is 1. The van der Waals surface area contributed by atoms with E-state index < -0.39 is 5.97 Å². The predicted molar refractivity (Wildman–Crippen MR) is 81.0 cm³/mol. The summed E-state index contributed by atoms with van der Waals surface area (Å²) in [5.74, 6) is -0.528. The summed E-state index contributed by atoms with van der Waals surface area (Å²) in [6.07, 6.45) is 0.0583. The summed E-state index contributed by atoms with van der Waals surface area (Å²) in [6.45, 7) is 9.87. The fraction of sp³-hybridized carbons (Fsp3) is 0.600. The van der Waals surface area contributed by atoms with Crippen molar-refractivity contribution >= 4 is 11.8 Å². The van der Waals surface area contributed by atoms with Gasteiger partial charge in [0.05, 0.1) is 12.7 Å². The molecule has 2 N–H and O–H groups in total. The lowest BCUT2D eigenvalue weighted by Gasteiger charge is -2.32. The second kappa shape index (κ2) is 6.87. The number of aromatic carboxylic acids is 1. The topological polar surface area (TPSA) is 74.7 Å². The molecule has 6 nitrogen and oxygen atoms in total. The smallest absolute Gasteiger partial charge is 0.339 e. The van der Waals surface area contributed by atoms with Gasteiger partial charge in [-0.2, -0.15) is 0 Å². The monoisotopic (exact) mass is 293 g/mol. The molecule has 0 aromatic carbocycles. The normalized spacial score (nSPS) is 19.5. The van der Waals surface area contributed by atoms with Gasteiger partial charge in [0, 0.05) is 25.3 Å². The lowest BCUT2D eigenvalue weighted by molar-refractivity contribution is -0.0192. The van der Waals surface area contributed by atoms with Crippen molar-refractivity contribution in [1.82, 2.24) is 9.88 Å². The molecule has 1 aromatic rings. The molecule has 1 fully saturated rings. The largest absolute Gasteiger partial charge is 0.478 e. The summed E-state index contributed by atoms with van der Waals surface area (Å²) in [6, 6.07) is 1.78. The highest BCUT2D eigenvalue weighted by Gasteiger charge is 2.21. The van der Waals surface area contributed by atoms with Crippen LogP contribution < -0.4 is 5.32 Å². The van der Waals surface area contributed by atoms with E-state index in [0.717, 1.165) is 30.9 Å². The average Bonchev–Trinajstić information content (AvgIpc) is 2.44. The highest BCUT2D eigenvalue weighted by Crippen LogP contribution is 2.19. The molecule has 0 bridgehead atoms. The molecule has 2 rings (SSSR count). The molecule has 0 radical (unpaired) electrons. The Morgan fingerprint density at radius 3 is 3.00 bits per heavy atom. The fourth-order valence-electron chi connectivity index (χ4n) is 2.64. The molecule has 2 heterocycles. The molecule has 0 amide bonds. The molecule has 1 aromatic heterocycles. The van der Waals surface area contributed by atoms with Gasteiger partial charge in [0.2, 0.25) is 0 Å². The van der Waals surface area contributed by atoms with Crippen LogP contribution in [0.15, 0.2) is 6.07 Å². The van der Waals surface area contributed by atoms with Gasteiger partial charge >= 0.3 is 5.97 Å². The molecule has 1 aliphatic rings. The lowest BCUT2D eigenvalue weighted by atomic mass is 10.1. The SMILES string of the molecule is CCN1CCOC(CNc2nc(C)cc(C)c2C(=O)O)C1. The van der Waals surface area contributed by atoms with E-state index in [9.17, 15) is 9.90 Å². The Morgan fingerprint density at radius 1 is 1.57 bits per heavy atom. The number of morpholine rings is 1. The van der Waals surface area contributed by atoms with E-state index in [1.54, 1.807) is 13.0 Å². The number of anilines is 1. The summed E-state index contributed by atoms with van der Waals surface area (Å²) in [4.78, 5) is 18.0. The Kier molecular flexibility index (Phi) is 5.14. The number of ether oxygens (including phenoxy) is 1. The number of nitrogens with zero attached hydrogens (tertiary/aromatic N) is 2. The van der Waals surface area contributed by atoms with Gasteiger partial charge in [0.25, 0.3) is 0 Å². The Morgan fingerprint density at radius 2 is 2.33 bits per heavy atom. The molecule has 116 valence electrons. The van der Waals surface area contributed by atoms with Crippen molar-refractivity contribution in [3.8, 4) is 0 Å². The van der Waals surface area contributed by atoms with Crippen LogP contribution in [0.4, 0.5) is 5.82 Å². The van der Waals surface area contributed by atoms with Crippen LogP contribution in [-0.2, 0) is 4.74 Å². The molecular formula is C15H23N3O3. The number of aromatic nitrogens is 1. The third-order valence-corrected chi connectivity index (χ3v) is 3.73. The minimum Gasteiger partial charge on any atom is -0.478 e. The maximum absolute atomic E-state index is 11.4. The number of hydrogen-bond acceptors (Lipinski definition) is 5. The maximum atomic E-state index is 11.4. The van der Waals surface area contributed by atoms with Gasteiger partial charge in [-0.05, 0) is 32.0 Å². The molecule has 0 saturated carbocycles. The highest BCUT2D eigenvalue weighted by molar-refractivity contribution is 5.94. The molecule has 1 unspecified atom stereocenters. The summed E-state index contributed by atoms with van der Waals surface area (Å²) >= 11 is 0. The predicted octanol–water partition coefficient (Wildman–Crippen LogP) is 1.53. The zero-order chi connectivity index (χ0) is 15.4. The number of nitrogens with one attached hydrogen (secondary N) is 1. The van der Waals surface area contributed by atoms with E-state index in [1.165, 1.54) is 0 Å². The van der Waals surface area contributed by atoms with Gasteiger partial charge in [0.1, 0.15) is 11.4 Å². The average molecular weight is 293 g/mol. The molecular weight excluding hydrogens is 270 g/mol. The summed E-state index contributed by atoms with van der Waals surface area (Å²) in [5, 5.41) is 12.5. The number of carboxylic acids is 1.